The molecule has 4 nitrogen and oxygen atoms in total. The van der Waals surface area contributed by atoms with Gasteiger partial charge >= 0.3 is 0 Å². The van der Waals surface area contributed by atoms with E-state index in [4.69, 9.17) is 17.7 Å². The first-order chi connectivity index (χ1) is 21.7. The van der Waals surface area contributed by atoms with Crippen molar-refractivity contribution in [3.8, 4) is 0 Å². The highest BCUT2D eigenvalue weighted by Gasteiger charge is 2.21. The van der Waals surface area contributed by atoms with E-state index in [0.717, 1.165) is 63.6 Å². The second-order valence-electron chi connectivity index (χ2n) is 10.1. The Morgan fingerprint density at radius 1 is 0.295 bits per heavy atom. The minimum absolute atomic E-state index is 0.723. The van der Waals surface area contributed by atoms with Gasteiger partial charge < -0.3 is 17.7 Å². The molecule has 0 spiro atoms. The van der Waals surface area contributed by atoms with Crippen LogP contribution < -0.4 is 10.4 Å². The van der Waals surface area contributed by atoms with Gasteiger partial charge in [-0.25, -0.2) is 0 Å². The molecule has 2 aliphatic heterocycles. The molecule has 0 aliphatic carbocycles. The predicted molar refractivity (Wildman–Crippen MR) is 183 cm³/mol. The van der Waals surface area contributed by atoms with Crippen LogP contribution in [-0.2, 0) is 0 Å². The molecule has 8 heteroatoms. The molecule has 0 amide bonds. The SMILES string of the molecule is c1ccc2c(c1)SC(=c1c3ccc(ccc4ccc(o4)c(=C4Sc5ccccc5S4)c4ccc(ccc5ccc1o5)o4)o3)S2. The van der Waals surface area contributed by atoms with Crippen molar-refractivity contribution in [3.63, 3.8) is 0 Å². The zero-order chi connectivity index (χ0) is 29.0. The van der Waals surface area contributed by atoms with Crippen molar-refractivity contribution < 1.29 is 17.7 Å². The van der Waals surface area contributed by atoms with Gasteiger partial charge in [-0.1, -0.05) is 71.3 Å². The monoisotopic (exact) mass is 644 g/mol. The van der Waals surface area contributed by atoms with Crippen molar-refractivity contribution in [3.05, 3.63) is 132 Å². The van der Waals surface area contributed by atoms with E-state index >= 15 is 0 Å². The summed E-state index contributed by atoms with van der Waals surface area (Å²) in [6, 6.07) is 40.5. The second kappa shape index (κ2) is 10.8. The molecule has 0 fully saturated rings. The number of furan rings is 4. The molecule has 0 atom stereocenters. The summed E-state index contributed by atoms with van der Waals surface area (Å²) in [5, 5.41) is 1.86. The van der Waals surface area contributed by atoms with E-state index in [2.05, 4.69) is 48.5 Å². The van der Waals surface area contributed by atoms with E-state index in [9.17, 15) is 0 Å². The van der Waals surface area contributed by atoms with Gasteiger partial charge in [-0.05, 0) is 97.1 Å². The highest BCUT2D eigenvalue weighted by molar-refractivity contribution is 8.32. The molecule has 2 aromatic carbocycles. The average Bonchev–Trinajstić information content (AvgIpc) is 3.89. The molecular formula is C36H20O4S4. The Bertz CT molecular complexity index is 2190. The third-order valence-electron chi connectivity index (χ3n) is 7.23. The number of thioether (sulfide) groups is 4. The number of hydrogen-bond acceptors (Lipinski definition) is 8. The zero-order valence-electron chi connectivity index (χ0n) is 22.8. The maximum absolute atomic E-state index is 6.41. The van der Waals surface area contributed by atoms with Crippen LogP contribution in [0.25, 0.3) is 53.1 Å². The lowest BCUT2D eigenvalue weighted by Crippen LogP contribution is -2.01. The summed E-state index contributed by atoms with van der Waals surface area (Å²) in [6.45, 7) is 0. The Hall–Kier alpha value is -4.08. The lowest BCUT2D eigenvalue weighted by Gasteiger charge is -1.94. The summed E-state index contributed by atoms with van der Waals surface area (Å²) < 4.78 is 27.9. The molecule has 8 bridgehead atoms. The summed E-state index contributed by atoms with van der Waals surface area (Å²) in [6.07, 6.45) is 0. The Balaban J connectivity index is 1.32. The van der Waals surface area contributed by atoms with Crippen molar-refractivity contribution >= 4 is 100 Å². The van der Waals surface area contributed by atoms with Gasteiger partial charge in [0.2, 0.25) is 0 Å². The minimum Gasteiger partial charge on any atom is -0.457 e. The van der Waals surface area contributed by atoms with Crippen LogP contribution in [0, 0.1) is 0 Å². The van der Waals surface area contributed by atoms with Gasteiger partial charge in [-0.15, -0.1) is 0 Å². The largest absolute Gasteiger partial charge is 0.457 e. The van der Waals surface area contributed by atoms with Gasteiger partial charge in [0.15, 0.2) is 0 Å². The fourth-order valence-corrected chi connectivity index (χ4v) is 10.3. The van der Waals surface area contributed by atoms with E-state index in [1.807, 2.05) is 72.8 Å². The van der Waals surface area contributed by atoms with Crippen molar-refractivity contribution in [2.75, 3.05) is 0 Å². The van der Waals surface area contributed by atoms with Crippen molar-refractivity contribution in [1.82, 2.24) is 0 Å². The van der Waals surface area contributed by atoms with Gasteiger partial charge in [0.25, 0.3) is 0 Å². The minimum atomic E-state index is 0.723. The lowest BCUT2D eigenvalue weighted by atomic mass is 10.3. The molecule has 7 aromatic rings. The molecular weight excluding hydrogens is 625 g/mol. The molecule has 0 radical (unpaired) electrons. The number of hydrogen-bond donors (Lipinski definition) is 0. The molecule has 212 valence electrons. The van der Waals surface area contributed by atoms with Crippen LogP contribution in [-0.4, -0.2) is 0 Å². The fourth-order valence-electron chi connectivity index (χ4n) is 5.16. The smallest absolute Gasteiger partial charge is 0.140 e. The Labute approximate surface area is 267 Å². The maximum Gasteiger partial charge on any atom is 0.140 e. The lowest BCUT2D eigenvalue weighted by molar-refractivity contribution is 0.643. The zero-order valence-corrected chi connectivity index (χ0v) is 26.1. The Morgan fingerprint density at radius 2 is 0.545 bits per heavy atom. The Morgan fingerprint density at radius 3 is 0.818 bits per heavy atom. The second-order valence-corrected chi connectivity index (χ2v) is 14.8. The molecule has 9 rings (SSSR count). The summed E-state index contributed by atoms with van der Waals surface area (Å²) >= 11 is 6.95. The van der Waals surface area contributed by atoms with Crippen LogP contribution in [0.1, 0.15) is 0 Å². The van der Waals surface area contributed by atoms with Crippen LogP contribution in [0.5, 0.6) is 0 Å². The van der Waals surface area contributed by atoms with Crippen molar-refractivity contribution in [2.45, 2.75) is 19.6 Å². The standard InChI is InChI=1S/C36H20O4S4/c1-2-6-30-29(5-1)41-35(42-30)33-25-17-13-21(37-25)9-11-23-15-19-27(39-23)34(36-43-31-7-3-4-8-32(31)44-36)28-20-16-24(40-28)12-10-22-14-18-26(33)38-22/h1-20H. The first kappa shape index (κ1) is 26.3. The van der Waals surface area contributed by atoms with E-state index in [-0.39, 0.29) is 0 Å². The normalized spacial score (nSPS) is 13.9. The van der Waals surface area contributed by atoms with Crippen LogP contribution in [0.2, 0.25) is 0 Å². The first-order valence-electron chi connectivity index (χ1n) is 13.9. The topological polar surface area (TPSA) is 52.6 Å². The van der Waals surface area contributed by atoms with Gasteiger partial charge in [0.1, 0.15) is 44.7 Å². The Kier molecular flexibility index (Phi) is 6.48. The summed E-state index contributed by atoms with van der Waals surface area (Å²) in [7, 11) is 0. The molecule has 7 heterocycles. The van der Waals surface area contributed by atoms with Crippen LogP contribution in [0.15, 0.2) is 159 Å². The van der Waals surface area contributed by atoms with Gasteiger partial charge in [-0.3, -0.25) is 0 Å². The fraction of sp³-hybridized carbons (Fsp3) is 0. The molecule has 5 aromatic heterocycles. The van der Waals surface area contributed by atoms with Crippen molar-refractivity contribution in [2.24, 2.45) is 0 Å². The van der Waals surface area contributed by atoms with E-state index in [1.165, 1.54) is 19.6 Å². The summed E-state index contributed by atoms with van der Waals surface area (Å²) in [5.41, 5.74) is 5.88. The highest BCUT2D eigenvalue weighted by Crippen LogP contribution is 2.52. The molecule has 0 saturated heterocycles. The summed E-state index contributed by atoms with van der Waals surface area (Å²) in [4.78, 5) is 4.92. The van der Waals surface area contributed by atoms with Gasteiger partial charge in [0.05, 0.1) is 18.9 Å². The summed E-state index contributed by atoms with van der Waals surface area (Å²) in [5.74, 6) is 0. The highest BCUT2D eigenvalue weighted by atomic mass is 32.2. The van der Waals surface area contributed by atoms with Crippen LogP contribution in [0.4, 0.5) is 0 Å². The molecule has 2 aliphatic rings. The number of fused-ring (bicyclic) bond motifs is 10. The first-order valence-corrected chi connectivity index (χ1v) is 17.2. The molecule has 44 heavy (non-hydrogen) atoms. The number of rotatable bonds is 0. The van der Waals surface area contributed by atoms with E-state index in [1.54, 1.807) is 47.0 Å². The third kappa shape index (κ3) is 4.79. The molecule has 0 unspecified atom stereocenters. The molecule has 0 N–H and O–H groups in total. The maximum atomic E-state index is 6.41. The van der Waals surface area contributed by atoms with E-state index < -0.39 is 0 Å². The van der Waals surface area contributed by atoms with E-state index in [0.29, 0.717) is 0 Å². The van der Waals surface area contributed by atoms with Gasteiger partial charge in [-0.2, -0.15) is 0 Å². The predicted octanol–water partition coefficient (Wildman–Crippen LogP) is 10.8. The number of benzene rings is 2. The third-order valence-corrected chi connectivity index (χ3v) is 12.4. The quantitative estimate of drug-likeness (QED) is 0.162. The van der Waals surface area contributed by atoms with Crippen molar-refractivity contribution in [1.29, 1.82) is 0 Å². The van der Waals surface area contributed by atoms with Crippen LogP contribution in [0.3, 0.4) is 0 Å². The average molecular weight is 645 g/mol. The van der Waals surface area contributed by atoms with Gasteiger partial charge in [0, 0.05) is 19.6 Å². The molecule has 0 saturated carbocycles. The van der Waals surface area contributed by atoms with Crippen LogP contribution >= 0.6 is 47.0 Å².